The van der Waals surface area contributed by atoms with E-state index in [1.165, 1.54) is 0 Å². The molecule has 0 atom stereocenters. The lowest BCUT2D eigenvalue weighted by Crippen LogP contribution is -2.54. The molecule has 1 aromatic rings. The number of aromatic nitrogens is 1. The molecule has 26 heavy (non-hydrogen) atoms. The van der Waals surface area contributed by atoms with E-state index in [-0.39, 0.29) is 12.5 Å². The number of nitrogens with one attached hydrogen (secondary N) is 1. The van der Waals surface area contributed by atoms with Crippen molar-refractivity contribution in [3.8, 4) is 0 Å². The maximum Gasteiger partial charge on any atom is 0.282 e. The molecule has 1 aromatic heterocycles. The molecule has 2 saturated heterocycles. The average Bonchev–Trinajstić information content (AvgIpc) is 2.85. The van der Waals surface area contributed by atoms with E-state index < -0.39 is 10.2 Å². The van der Waals surface area contributed by atoms with Gasteiger partial charge in [-0.1, -0.05) is 18.0 Å². The van der Waals surface area contributed by atoms with Crippen LogP contribution >= 0.6 is 0 Å². The van der Waals surface area contributed by atoms with Gasteiger partial charge < -0.3 is 9.84 Å². The van der Waals surface area contributed by atoms with Gasteiger partial charge in [0.25, 0.3) is 10.2 Å². The van der Waals surface area contributed by atoms with Crippen molar-refractivity contribution in [2.24, 2.45) is 0 Å². The minimum atomic E-state index is -3.39. The molecular weight excluding hydrogens is 358 g/mol. The third-order valence-corrected chi connectivity index (χ3v) is 6.85. The van der Waals surface area contributed by atoms with E-state index in [4.69, 9.17) is 4.52 Å². The quantitative estimate of drug-likeness (QED) is 0.799. The van der Waals surface area contributed by atoms with Gasteiger partial charge in [-0.3, -0.25) is 9.69 Å². The summed E-state index contributed by atoms with van der Waals surface area (Å²) >= 11 is 0. The number of hydrogen-bond donors (Lipinski definition) is 1. The van der Waals surface area contributed by atoms with E-state index in [2.05, 4.69) is 10.5 Å². The molecule has 0 radical (unpaired) electrons. The Labute approximate surface area is 154 Å². The van der Waals surface area contributed by atoms with Crippen LogP contribution in [-0.2, 0) is 15.0 Å². The fraction of sp³-hybridized carbons (Fsp3) is 0.750. The van der Waals surface area contributed by atoms with Crippen molar-refractivity contribution in [3.63, 3.8) is 0 Å². The molecule has 146 valence electrons. The normalized spacial score (nSPS) is 21.4. The Morgan fingerprint density at radius 2 is 1.69 bits per heavy atom. The maximum absolute atomic E-state index is 12.8. The van der Waals surface area contributed by atoms with Gasteiger partial charge in [-0.2, -0.15) is 17.0 Å². The van der Waals surface area contributed by atoms with E-state index in [1.54, 1.807) is 21.6 Å². The highest BCUT2D eigenvalue weighted by atomic mass is 32.2. The zero-order valence-corrected chi connectivity index (χ0v) is 16.0. The molecule has 0 unspecified atom stereocenters. The van der Waals surface area contributed by atoms with Gasteiger partial charge in [0, 0.05) is 45.3 Å². The molecule has 10 heteroatoms. The minimum Gasteiger partial charge on any atom is -0.360 e. The van der Waals surface area contributed by atoms with Crippen LogP contribution in [-0.4, -0.2) is 78.8 Å². The van der Waals surface area contributed by atoms with Crippen molar-refractivity contribution in [1.82, 2.24) is 18.7 Å². The van der Waals surface area contributed by atoms with Gasteiger partial charge in [0.1, 0.15) is 5.76 Å². The summed E-state index contributed by atoms with van der Waals surface area (Å²) in [6.07, 6.45) is 4.06. The smallest absolute Gasteiger partial charge is 0.282 e. The van der Waals surface area contributed by atoms with Crippen LogP contribution in [0.1, 0.15) is 31.4 Å². The molecule has 1 amide bonds. The third kappa shape index (κ3) is 4.81. The van der Waals surface area contributed by atoms with Gasteiger partial charge >= 0.3 is 0 Å². The Kier molecular flexibility index (Phi) is 6.28. The Morgan fingerprint density at radius 3 is 2.27 bits per heavy atom. The van der Waals surface area contributed by atoms with Crippen LogP contribution < -0.4 is 5.32 Å². The second-order valence-electron chi connectivity index (χ2n) is 6.87. The summed E-state index contributed by atoms with van der Waals surface area (Å²) in [5.41, 5.74) is 0. The Hall–Kier alpha value is -1.49. The first kappa shape index (κ1) is 19.3. The number of amides is 1. The first-order valence-electron chi connectivity index (χ1n) is 9.16. The number of rotatable bonds is 5. The maximum atomic E-state index is 12.8. The molecule has 2 fully saturated rings. The van der Waals surface area contributed by atoms with Gasteiger partial charge in [-0.25, -0.2) is 0 Å². The molecule has 0 aromatic carbocycles. The summed E-state index contributed by atoms with van der Waals surface area (Å²) in [6, 6.07) is 1.66. The number of piperazine rings is 1. The van der Waals surface area contributed by atoms with E-state index >= 15 is 0 Å². The molecule has 1 N–H and O–H groups in total. The molecule has 0 bridgehead atoms. The van der Waals surface area contributed by atoms with Gasteiger partial charge in [-0.15, -0.1) is 0 Å². The molecule has 2 aliphatic heterocycles. The first-order valence-corrected chi connectivity index (χ1v) is 10.6. The van der Waals surface area contributed by atoms with Crippen molar-refractivity contribution in [2.45, 2.75) is 32.6 Å². The SMILES string of the molecule is Cc1cc(NC(=O)CN2CCN(S(=O)(=O)N3CCCCCC3)CC2)no1. The van der Waals surface area contributed by atoms with Gasteiger partial charge in [0.05, 0.1) is 6.54 Å². The topological polar surface area (TPSA) is 99.0 Å². The zero-order chi connectivity index (χ0) is 18.6. The highest BCUT2D eigenvalue weighted by molar-refractivity contribution is 7.86. The average molecular weight is 385 g/mol. The van der Waals surface area contributed by atoms with Gasteiger partial charge in [0.2, 0.25) is 5.91 Å². The second kappa shape index (κ2) is 8.47. The van der Waals surface area contributed by atoms with Gasteiger partial charge in [0.15, 0.2) is 5.82 Å². The van der Waals surface area contributed by atoms with Crippen LogP contribution in [0.15, 0.2) is 10.6 Å². The first-order chi connectivity index (χ1) is 12.4. The highest BCUT2D eigenvalue weighted by Crippen LogP contribution is 2.18. The lowest BCUT2D eigenvalue weighted by atomic mass is 10.2. The van der Waals surface area contributed by atoms with E-state index in [0.717, 1.165) is 25.7 Å². The molecule has 0 saturated carbocycles. The Morgan fingerprint density at radius 1 is 1.08 bits per heavy atom. The van der Waals surface area contributed by atoms with Crippen molar-refractivity contribution in [2.75, 3.05) is 51.1 Å². The molecule has 0 aliphatic carbocycles. The van der Waals surface area contributed by atoms with Crippen LogP contribution in [0.3, 0.4) is 0 Å². The van der Waals surface area contributed by atoms with Crippen molar-refractivity contribution < 1.29 is 17.7 Å². The van der Waals surface area contributed by atoms with Crippen LogP contribution in [0, 0.1) is 6.92 Å². The molecule has 3 rings (SSSR count). The number of anilines is 1. The van der Waals surface area contributed by atoms with Crippen LogP contribution in [0.4, 0.5) is 5.82 Å². The van der Waals surface area contributed by atoms with Crippen LogP contribution in [0.5, 0.6) is 0 Å². The summed E-state index contributed by atoms with van der Waals surface area (Å²) in [4.78, 5) is 14.0. The minimum absolute atomic E-state index is 0.179. The zero-order valence-electron chi connectivity index (χ0n) is 15.2. The molecule has 3 heterocycles. The van der Waals surface area contributed by atoms with Crippen molar-refractivity contribution in [3.05, 3.63) is 11.8 Å². The largest absolute Gasteiger partial charge is 0.360 e. The number of hydrogen-bond acceptors (Lipinski definition) is 6. The molecular formula is C16H27N5O4S. The third-order valence-electron chi connectivity index (χ3n) is 4.81. The lowest BCUT2D eigenvalue weighted by Gasteiger charge is -2.36. The summed E-state index contributed by atoms with van der Waals surface area (Å²) in [5.74, 6) is 0.852. The predicted octanol–water partition coefficient (Wildman–Crippen LogP) is 0.660. The van der Waals surface area contributed by atoms with E-state index in [1.807, 2.05) is 4.90 Å². The van der Waals surface area contributed by atoms with E-state index in [9.17, 15) is 13.2 Å². The fourth-order valence-corrected chi connectivity index (χ4v) is 5.04. The van der Waals surface area contributed by atoms with Crippen LogP contribution in [0.25, 0.3) is 0 Å². The molecule has 0 spiro atoms. The second-order valence-corrected chi connectivity index (χ2v) is 8.80. The van der Waals surface area contributed by atoms with Crippen molar-refractivity contribution in [1.29, 1.82) is 0 Å². The summed E-state index contributed by atoms with van der Waals surface area (Å²) in [7, 11) is -3.39. The number of carbonyl (C=O) groups excluding carboxylic acids is 1. The Balaban J connectivity index is 1.48. The molecule has 2 aliphatic rings. The highest BCUT2D eigenvalue weighted by Gasteiger charge is 2.32. The Bertz CT molecular complexity index is 704. The lowest BCUT2D eigenvalue weighted by molar-refractivity contribution is -0.117. The summed E-state index contributed by atoms with van der Waals surface area (Å²) < 4.78 is 33.7. The monoisotopic (exact) mass is 385 g/mol. The standard InChI is InChI=1S/C16H27N5O4S/c1-14-12-15(18-25-14)17-16(22)13-19-8-10-21(11-9-19)26(23,24)20-6-4-2-3-5-7-20/h12H,2-11,13H2,1H3,(H,17,18,22). The van der Waals surface area contributed by atoms with Crippen molar-refractivity contribution >= 4 is 21.9 Å². The summed E-state index contributed by atoms with van der Waals surface area (Å²) in [5, 5.41) is 6.42. The predicted molar refractivity (Wildman–Crippen MR) is 96.8 cm³/mol. The number of aryl methyl sites for hydroxylation is 1. The van der Waals surface area contributed by atoms with E-state index in [0.29, 0.717) is 50.8 Å². The summed E-state index contributed by atoms with van der Waals surface area (Å²) in [6.45, 7) is 5.10. The molecule has 9 nitrogen and oxygen atoms in total. The number of carbonyl (C=O) groups is 1. The van der Waals surface area contributed by atoms with Gasteiger partial charge in [-0.05, 0) is 19.8 Å². The number of nitrogens with zero attached hydrogens (tertiary/aromatic N) is 4. The van der Waals surface area contributed by atoms with Crippen LogP contribution in [0.2, 0.25) is 0 Å². The fourth-order valence-electron chi connectivity index (χ4n) is 3.36.